The molecule has 1 fully saturated rings. The van der Waals surface area contributed by atoms with Gasteiger partial charge in [-0.25, -0.2) is 9.79 Å². The van der Waals surface area contributed by atoms with Crippen molar-refractivity contribution in [3.8, 4) is 0 Å². The van der Waals surface area contributed by atoms with Crippen molar-refractivity contribution in [3.05, 3.63) is 0 Å². The number of hydrogen-bond acceptors (Lipinski definition) is 2. The van der Waals surface area contributed by atoms with E-state index in [1.165, 1.54) is 12.8 Å². The van der Waals surface area contributed by atoms with Crippen molar-refractivity contribution in [2.45, 2.75) is 25.8 Å². The van der Waals surface area contributed by atoms with E-state index in [2.05, 4.69) is 4.99 Å². The van der Waals surface area contributed by atoms with Crippen LogP contribution in [0.3, 0.4) is 0 Å². The van der Waals surface area contributed by atoms with E-state index in [9.17, 15) is 4.79 Å². The molecule has 1 aliphatic rings. The summed E-state index contributed by atoms with van der Waals surface area (Å²) >= 11 is 0. The summed E-state index contributed by atoms with van der Waals surface area (Å²) in [5, 5.41) is 0. The van der Waals surface area contributed by atoms with Gasteiger partial charge in [-0.1, -0.05) is 0 Å². The first kappa shape index (κ1) is 5.52. The van der Waals surface area contributed by atoms with Crippen molar-refractivity contribution in [3.63, 3.8) is 0 Å². The van der Waals surface area contributed by atoms with Crippen LogP contribution in [0.2, 0.25) is 0 Å². The molecule has 1 rings (SSSR count). The molecule has 0 amide bonds. The standard InChI is InChI=1S/C6H9NO/c1-5(7-4-8)6-2-3-6/h5-6H,2-3H2,1H3/t5-/m0/s1. The zero-order chi connectivity index (χ0) is 5.98. The third-order valence-corrected chi connectivity index (χ3v) is 1.56. The molecule has 0 unspecified atom stereocenters. The molecule has 0 aromatic heterocycles. The van der Waals surface area contributed by atoms with E-state index in [0.717, 1.165) is 0 Å². The second kappa shape index (κ2) is 2.10. The monoisotopic (exact) mass is 111 g/mol. The number of carbonyl (C=O) groups excluding carboxylic acids is 1. The van der Waals surface area contributed by atoms with E-state index in [1.807, 2.05) is 6.92 Å². The van der Waals surface area contributed by atoms with Crippen LogP contribution in [0.5, 0.6) is 0 Å². The first-order valence-electron chi connectivity index (χ1n) is 2.91. The maximum atomic E-state index is 9.66. The molecule has 0 bridgehead atoms. The minimum atomic E-state index is 0.229. The van der Waals surface area contributed by atoms with Crippen molar-refractivity contribution in [2.75, 3.05) is 0 Å². The number of aliphatic imine (C=N–C) groups is 1. The molecule has 0 heterocycles. The van der Waals surface area contributed by atoms with Crippen LogP contribution in [-0.4, -0.2) is 12.1 Å². The van der Waals surface area contributed by atoms with Crippen molar-refractivity contribution in [1.82, 2.24) is 0 Å². The molecular formula is C6H9NO. The summed E-state index contributed by atoms with van der Waals surface area (Å²) in [6, 6.07) is 0.229. The molecule has 2 nitrogen and oxygen atoms in total. The van der Waals surface area contributed by atoms with E-state index >= 15 is 0 Å². The summed E-state index contributed by atoms with van der Waals surface area (Å²) in [5.41, 5.74) is 0. The van der Waals surface area contributed by atoms with Gasteiger partial charge in [0, 0.05) is 0 Å². The van der Waals surface area contributed by atoms with Gasteiger partial charge in [0.25, 0.3) is 0 Å². The second-order valence-corrected chi connectivity index (χ2v) is 2.30. The van der Waals surface area contributed by atoms with Gasteiger partial charge < -0.3 is 0 Å². The Labute approximate surface area is 48.6 Å². The van der Waals surface area contributed by atoms with Crippen LogP contribution >= 0.6 is 0 Å². The van der Waals surface area contributed by atoms with Gasteiger partial charge in [0.2, 0.25) is 6.08 Å². The van der Waals surface area contributed by atoms with Crippen molar-refractivity contribution in [1.29, 1.82) is 0 Å². The summed E-state index contributed by atoms with van der Waals surface area (Å²) < 4.78 is 0. The molecule has 0 aromatic rings. The summed E-state index contributed by atoms with van der Waals surface area (Å²) in [5.74, 6) is 0.691. The molecule has 0 spiro atoms. The zero-order valence-electron chi connectivity index (χ0n) is 4.92. The van der Waals surface area contributed by atoms with Gasteiger partial charge in [-0.3, -0.25) is 0 Å². The molecule has 0 aliphatic heterocycles. The highest BCUT2D eigenvalue weighted by Crippen LogP contribution is 2.33. The molecule has 0 aromatic carbocycles. The van der Waals surface area contributed by atoms with Crippen LogP contribution in [-0.2, 0) is 4.79 Å². The molecule has 44 valence electrons. The molecule has 0 saturated heterocycles. The lowest BCUT2D eigenvalue weighted by molar-refractivity contribution is 0.552. The largest absolute Gasteiger partial charge is 0.235 e. The van der Waals surface area contributed by atoms with Crippen LogP contribution in [0.15, 0.2) is 4.99 Å². The van der Waals surface area contributed by atoms with Crippen molar-refractivity contribution in [2.24, 2.45) is 10.9 Å². The molecule has 0 radical (unpaired) electrons. The number of rotatable bonds is 2. The topological polar surface area (TPSA) is 29.4 Å². The molecule has 0 N–H and O–H groups in total. The van der Waals surface area contributed by atoms with E-state index < -0.39 is 0 Å². The fraction of sp³-hybridized carbons (Fsp3) is 0.833. The Morgan fingerprint density at radius 2 is 2.38 bits per heavy atom. The predicted molar refractivity (Wildman–Crippen MR) is 30.3 cm³/mol. The Balaban J connectivity index is 2.32. The first-order valence-corrected chi connectivity index (χ1v) is 2.91. The summed E-state index contributed by atoms with van der Waals surface area (Å²) in [6.07, 6.45) is 4.05. The average Bonchev–Trinajstić information content (AvgIpc) is 2.45. The summed E-state index contributed by atoms with van der Waals surface area (Å²) in [7, 11) is 0. The predicted octanol–water partition coefficient (Wildman–Crippen LogP) is 1.12. The lowest BCUT2D eigenvalue weighted by Crippen LogP contribution is -1.98. The van der Waals surface area contributed by atoms with Gasteiger partial charge in [0.1, 0.15) is 0 Å². The summed E-state index contributed by atoms with van der Waals surface area (Å²) in [6.45, 7) is 1.96. The van der Waals surface area contributed by atoms with Gasteiger partial charge in [-0.2, -0.15) is 0 Å². The third kappa shape index (κ3) is 1.17. The third-order valence-electron chi connectivity index (χ3n) is 1.56. The second-order valence-electron chi connectivity index (χ2n) is 2.30. The van der Waals surface area contributed by atoms with Crippen molar-refractivity contribution < 1.29 is 4.79 Å². The van der Waals surface area contributed by atoms with Crippen molar-refractivity contribution >= 4 is 6.08 Å². The normalized spacial score (nSPS) is 21.6. The Morgan fingerprint density at radius 3 is 2.75 bits per heavy atom. The van der Waals surface area contributed by atoms with E-state index in [4.69, 9.17) is 0 Å². The Morgan fingerprint density at radius 1 is 1.75 bits per heavy atom. The SMILES string of the molecule is C[C@H](N=C=O)C1CC1. The first-order chi connectivity index (χ1) is 3.84. The fourth-order valence-corrected chi connectivity index (χ4v) is 0.767. The average molecular weight is 111 g/mol. The van der Waals surface area contributed by atoms with Gasteiger partial charge in [-0.15, -0.1) is 0 Å². The van der Waals surface area contributed by atoms with Gasteiger partial charge >= 0.3 is 0 Å². The lowest BCUT2D eigenvalue weighted by Gasteiger charge is -1.95. The van der Waals surface area contributed by atoms with Gasteiger partial charge in [-0.05, 0) is 25.7 Å². The number of nitrogens with zero attached hydrogens (tertiary/aromatic N) is 1. The molecular weight excluding hydrogens is 102 g/mol. The number of isocyanates is 1. The van der Waals surface area contributed by atoms with E-state index in [0.29, 0.717) is 5.92 Å². The minimum Gasteiger partial charge on any atom is -0.211 e. The van der Waals surface area contributed by atoms with Gasteiger partial charge in [0.05, 0.1) is 6.04 Å². The fourth-order valence-electron chi connectivity index (χ4n) is 0.767. The van der Waals surface area contributed by atoms with E-state index in [1.54, 1.807) is 6.08 Å². The molecule has 8 heavy (non-hydrogen) atoms. The van der Waals surface area contributed by atoms with Gasteiger partial charge in [0.15, 0.2) is 0 Å². The smallest absolute Gasteiger partial charge is 0.211 e. The van der Waals surface area contributed by atoms with Crippen LogP contribution in [0.4, 0.5) is 0 Å². The minimum absolute atomic E-state index is 0.229. The molecule has 1 saturated carbocycles. The number of hydrogen-bond donors (Lipinski definition) is 0. The Kier molecular flexibility index (Phi) is 1.45. The van der Waals surface area contributed by atoms with Crippen LogP contribution in [0.1, 0.15) is 19.8 Å². The highest BCUT2D eigenvalue weighted by molar-refractivity contribution is 5.33. The molecule has 2 heteroatoms. The van der Waals surface area contributed by atoms with E-state index in [-0.39, 0.29) is 6.04 Å². The zero-order valence-corrected chi connectivity index (χ0v) is 4.92. The molecule has 1 aliphatic carbocycles. The molecule has 1 atom stereocenters. The van der Waals surface area contributed by atoms with Crippen LogP contribution < -0.4 is 0 Å². The Hall–Kier alpha value is -0.620. The maximum Gasteiger partial charge on any atom is 0.235 e. The highest BCUT2D eigenvalue weighted by Gasteiger charge is 2.27. The van der Waals surface area contributed by atoms with Crippen LogP contribution in [0.25, 0.3) is 0 Å². The maximum absolute atomic E-state index is 9.66. The highest BCUT2D eigenvalue weighted by atomic mass is 16.1. The quantitative estimate of drug-likeness (QED) is 0.388. The summed E-state index contributed by atoms with van der Waals surface area (Å²) in [4.78, 5) is 13.2. The lowest BCUT2D eigenvalue weighted by atomic mass is 10.2. The van der Waals surface area contributed by atoms with Crippen LogP contribution in [0, 0.1) is 5.92 Å². The Bertz CT molecular complexity index is 122.